The normalized spacial score (nSPS) is 10.9. The van der Waals surface area contributed by atoms with Crippen LogP contribution in [0.5, 0.6) is 0 Å². The predicted molar refractivity (Wildman–Crippen MR) is 93.1 cm³/mol. The molecule has 0 saturated carbocycles. The number of para-hydroxylation sites is 1. The van der Waals surface area contributed by atoms with Crippen molar-refractivity contribution in [3.05, 3.63) is 87.0 Å². The summed E-state index contributed by atoms with van der Waals surface area (Å²) in [5.74, 6) is 0. The quantitative estimate of drug-likeness (QED) is 0.412. The highest BCUT2D eigenvalue weighted by atomic mass is 16.6. The summed E-state index contributed by atoms with van der Waals surface area (Å²) >= 11 is 0. The minimum atomic E-state index is -0.473. The first-order chi connectivity index (χ1) is 12.6. The molecule has 2 aromatic heterocycles. The Morgan fingerprint density at radius 2 is 1.88 bits per heavy atom. The Bertz CT molecular complexity index is 1170. The second-order valence-corrected chi connectivity index (χ2v) is 5.61. The van der Waals surface area contributed by atoms with E-state index in [0.29, 0.717) is 11.2 Å². The van der Waals surface area contributed by atoms with Crippen LogP contribution >= 0.6 is 0 Å². The van der Waals surface area contributed by atoms with Gasteiger partial charge in [-0.25, -0.2) is 4.98 Å². The molecule has 9 nitrogen and oxygen atoms in total. The summed E-state index contributed by atoms with van der Waals surface area (Å²) in [5, 5.41) is 18.9. The van der Waals surface area contributed by atoms with Crippen molar-refractivity contribution in [2.75, 3.05) is 0 Å². The second kappa shape index (κ2) is 6.20. The zero-order valence-corrected chi connectivity index (χ0v) is 13.4. The van der Waals surface area contributed by atoms with Crippen LogP contribution < -0.4 is 5.56 Å². The van der Waals surface area contributed by atoms with Gasteiger partial charge in [-0.3, -0.25) is 19.5 Å². The molecule has 0 N–H and O–H groups in total. The van der Waals surface area contributed by atoms with Crippen molar-refractivity contribution >= 4 is 16.9 Å². The zero-order valence-electron chi connectivity index (χ0n) is 13.4. The number of hydrogen-bond donors (Lipinski definition) is 0. The van der Waals surface area contributed by atoms with Gasteiger partial charge in [-0.2, -0.15) is 4.68 Å². The maximum Gasteiger partial charge on any atom is 0.283 e. The molecule has 0 aliphatic heterocycles. The summed E-state index contributed by atoms with van der Waals surface area (Å²) in [6, 6.07) is 15.4. The molecule has 2 aromatic carbocycles. The van der Waals surface area contributed by atoms with Gasteiger partial charge >= 0.3 is 0 Å². The lowest BCUT2D eigenvalue weighted by molar-refractivity contribution is -0.384. The molecule has 0 atom stereocenters. The van der Waals surface area contributed by atoms with E-state index in [2.05, 4.69) is 15.3 Å². The average molecular weight is 348 g/mol. The summed E-state index contributed by atoms with van der Waals surface area (Å²) in [6.45, 7) is 0.154. The zero-order chi connectivity index (χ0) is 18.1. The largest absolute Gasteiger partial charge is 0.293 e. The van der Waals surface area contributed by atoms with Gasteiger partial charge < -0.3 is 0 Å². The molecular formula is C17H12N6O3. The number of nitrogens with zero attached hydrogens (tertiary/aromatic N) is 6. The van der Waals surface area contributed by atoms with E-state index in [0.717, 1.165) is 5.69 Å². The minimum absolute atomic E-state index is 0.0281. The Hall–Kier alpha value is -3.88. The number of non-ortho nitro benzene ring substituents is 1. The molecule has 9 heteroatoms. The molecule has 4 aromatic rings. The topological polar surface area (TPSA) is 109 Å². The van der Waals surface area contributed by atoms with Gasteiger partial charge in [0.1, 0.15) is 6.33 Å². The fourth-order valence-corrected chi connectivity index (χ4v) is 2.66. The van der Waals surface area contributed by atoms with Crippen molar-refractivity contribution in [1.29, 1.82) is 0 Å². The third kappa shape index (κ3) is 2.71. The van der Waals surface area contributed by atoms with Gasteiger partial charge in [-0.05, 0) is 17.7 Å². The van der Waals surface area contributed by atoms with E-state index in [1.54, 1.807) is 12.1 Å². The molecule has 128 valence electrons. The number of rotatable bonds is 4. The lowest BCUT2D eigenvalue weighted by Gasteiger charge is -2.05. The number of aromatic nitrogens is 5. The van der Waals surface area contributed by atoms with Crippen molar-refractivity contribution in [3.63, 3.8) is 0 Å². The highest BCUT2D eigenvalue weighted by Gasteiger charge is 2.14. The Kier molecular flexibility index (Phi) is 3.73. The van der Waals surface area contributed by atoms with E-state index < -0.39 is 4.92 Å². The van der Waals surface area contributed by atoms with Crippen LogP contribution in [0.15, 0.2) is 65.7 Å². The van der Waals surface area contributed by atoms with Gasteiger partial charge in [0.15, 0.2) is 11.2 Å². The maximum absolute atomic E-state index is 12.7. The summed E-state index contributed by atoms with van der Waals surface area (Å²) in [7, 11) is 0. The van der Waals surface area contributed by atoms with E-state index in [9.17, 15) is 14.9 Å². The number of benzene rings is 2. The molecule has 0 unspecified atom stereocenters. The van der Waals surface area contributed by atoms with Crippen molar-refractivity contribution in [2.45, 2.75) is 6.54 Å². The maximum atomic E-state index is 12.7. The SMILES string of the molecule is O=c1c2nnn(-c3ccccc3)c2ncn1Cc1cccc([N+](=O)[O-])c1. The van der Waals surface area contributed by atoms with E-state index in [4.69, 9.17) is 0 Å². The lowest BCUT2D eigenvalue weighted by Crippen LogP contribution is -2.21. The number of nitro benzene ring substituents is 1. The second-order valence-electron chi connectivity index (χ2n) is 5.61. The molecular weight excluding hydrogens is 336 g/mol. The molecule has 0 spiro atoms. The summed E-state index contributed by atoms with van der Waals surface area (Å²) in [6.07, 6.45) is 1.40. The van der Waals surface area contributed by atoms with Crippen LogP contribution in [0.2, 0.25) is 0 Å². The van der Waals surface area contributed by atoms with E-state index in [1.807, 2.05) is 30.3 Å². The Morgan fingerprint density at radius 1 is 1.08 bits per heavy atom. The van der Waals surface area contributed by atoms with Gasteiger partial charge in [0.05, 0.1) is 17.2 Å². The van der Waals surface area contributed by atoms with Gasteiger partial charge in [-0.1, -0.05) is 35.5 Å². The molecule has 2 heterocycles. The van der Waals surface area contributed by atoms with Crippen LogP contribution in [-0.4, -0.2) is 29.5 Å². The molecule has 0 fully saturated rings. The first-order valence-electron chi connectivity index (χ1n) is 7.73. The van der Waals surface area contributed by atoms with Crippen molar-refractivity contribution in [3.8, 4) is 5.69 Å². The van der Waals surface area contributed by atoms with Crippen molar-refractivity contribution in [2.24, 2.45) is 0 Å². The molecule has 0 amide bonds. The van der Waals surface area contributed by atoms with Crippen LogP contribution in [0.4, 0.5) is 5.69 Å². The van der Waals surface area contributed by atoms with Gasteiger partial charge in [-0.15, -0.1) is 5.10 Å². The highest BCUT2D eigenvalue weighted by molar-refractivity contribution is 5.70. The van der Waals surface area contributed by atoms with Gasteiger partial charge in [0.25, 0.3) is 11.2 Å². The number of hydrogen-bond acceptors (Lipinski definition) is 6. The van der Waals surface area contributed by atoms with Crippen LogP contribution in [0.1, 0.15) is 5.56 Å². The van der Waals surface area contributed by atoms with Crippen molar-refractivity contribution < 1.29 is 4.92 Å². The first-order valence-corrected chi connectivity index (χ1v) is 7.73. The Morgan fingerprint density at radius 3 is 2.65 bits per heavy atom. The number of nitro groups is 1. The van der Waals surface area contributed by atoms with Gasteiger partial charge in [0.2, 0.25) is 0 Å². The molecule has 0 aliphatic rings. The standard InChI is InChI=1S/C17H12N6O3/c24-17-15-16(22(20-19-15)13-6-2-1-3-7-13)18-11-21(17)10-12-5-4-8-14(9-12)23(25)26/h1-9,11H,10H2. The molecule has 0 radical (unpaired) electrons. The number of fused-ring (bicyclic) bond motifs is 1. The Balaban J connectivity index is 1.74. The predicted octanol–water partition coefficient (Wildman–Crippen LogP) is 1.93. The molecule has 26 heavy (non-hydrogen) atoms. The average Bonchev–Trinajstić information content (AvgIpc) is 3.10. The molecule has 0 aliphatic carbocycles. The lowest BCUT2D eigenvalue weighted by atomic mass is 10.2. The van der Waals surface area contributed by atoms with Crippen molar-refractivity contribution in [1.82, 2.24) is 24.5 Å². The van der Waals surface area contributed by atoms with E-state index in [1.165, 1.54) is 27.7 Å². The first kappa shape index (κ1) is 15.6. The fraction of sp³-hybridized carbons (Fsp3) is 0.0588. The summed E-state index contributed by atoms with van der Waals surface area (Å²) < 4.78 is 2.85. The minimum Gasteiger partial charge on any atom is -0.293 e. The summed E-state index contributed by atoms with van der Waals surface area (Å²) in [4.78, 5) is 27.4. The summed E-state index contributed by atoms with van der Waals surface area (Å²) in [5.41, 5.74) is 1.48. The van der Waals surface area contributed by atoms with Crippen LogP contribution in [-0.2, 0) is 6.54 Å². The smallest absolute Gasteiger partial charge is 0.283 e. The van der Waals surface area contributed by atoms with Crippen LogP contribution in [0, 0.1) is 10.1 Å². The highest BCUT2D eigenvalue weighted by Crippen LogP contribution is 2.14. The third-order valence-electron chi connectivity index (χ3n) is 3.90. The monoisotopic (exact) mass is 348 g/mol. The molecule has 0 bridgehead atoms. The molecule has 0 saturated heterocycles. The van der Waals surface area contributed by atoms with Crippen LogP contribution in [0.25, 0.3) is 16.9 Å². The Labute approximate surface area is 146 Å². The van der Waals surface area contributed by atoms with E-state index >= 15 is 0 Å². The fourth-order valence-electron chi connectivity index (χ4n) is 2.66. The molecule has 4 rings (SSSR count). The van der Waals surface area contributed by atoms with Crippen LogP contribution in [0.3, 0.4) is 0 Å². The van der Waals surface area contributed by atoms with E-state index in [-0.39, 0.29) is 23.3 Å². The third-order valence-corrected chi connectivity index (χ3v) is 3.90. The van der Waals surface area contributed by atoms with Gasteiger partial charge in [0, 0.05) is 12.1 Å².